The molecule has 0 N–H and O–H groups in total. The number of nitrogens with zero attached hydrogens (tertiary/aromatic N) is 5. The van der Waals surface area contributed by atoms with Gasteiger partial charge in [0.25, 0.3) is 0 Å². The number of amides is 1. The summed E-state index contributed by atoms with van der Waals surface area (Å²) in [7, 11) is 0. The first kappa shape index (κ1) is 19.1. The quantitative estimate of drug-likeness (QED) is 0.561. The van der Waals surface area contributed by atoms with E-state index in [4.69, 9.17) is 0 Å². The molecule has 27 heavy (non-hydrogen) atoms. The molecule has 1 aromatic heterocycles. The van der Waals surface area contributed by atoms with Crippen molar-refractivity contribution in [3.63, 3.8) is 0 Å². The molecule has 0 fully saturated rings. The van der Waals surface area contributed by atoms with Gasteiger partial charge in [0.1, 0.15) is 0 Å². The maximum absolute atomic E-state index is 12.8. The van der Waals surface area contributed by atoms with Gasteiger partial charge in [0.05, 0.1) is 12.3 Å². The van der Waals surface area contributed by atoms with Gasteiger partial charge < -0.3 is 4.90 Å². The molecule has 0 aliphatic rings. The van der Waals surface area contributed by atoms with Crippen molar-refractivity contribution in [1.82, 2.24) is 25.1 Å². The average molecular weight is 382 g/mol. The predicted molar refractivity (Wildman–Crippen MR) is 106 cm³/mol. The van der Waals surface area contributed by atoms with Crippen LogP contribution in [-0.4, -0.2) is 42.8 Å². The fourth-order valence-corrected chi connectivity index (χ4v) is 3.47. The summed E-state index contributed by atoms with van der Waals surface area (Å²) in [5.41, 5.74) is 2.24. The minimum Gasteiger partial charge on any atom is -0.335 e. The van der Waals surface area contributed by atoms with E-state index < -0.39 is 0 Å². The molecule has 0 bridgehead atoms. The van der Waals surface area contributed by atoms with Crippen molar-refractivity contribution >= 4 is 17.7 Å². The van der Waals surface area contributed by atoms with Crippen LogP contribution in [0.5, 0.6) is 0 Å². The second-order valence-corrected chi connectivity index (χ2v) is 7.44. The van der Waals surface area contributed by atoms with Gasteiger partial charge in [-0.2, -0.15) is 0 Å². The normalized spacial score (nSPS) is 10.9. The molecular formula is C20H23N5OS. The van der Waals surface area contributed by atoms with Crippen molar-refractivity contribution in [2.45, 2.75) is 38.1 Å². The van der Waals surface area contributed by atoms with E-state index in [1.54, 1.807) is 4.68 Å². The van der Waals surface area contributed by atoms with Gasteiger partial charge in [0, 0.05) is 12.6 Å². The number of carbonyl (C=O) groups is 1. The molecule has 0 saturated carbocycles. The summed E-state index contributed by atoms with van der Waals surface area (Å²) in [4.78, 5) is 14.7. The zero-order valence-electron chi connectivity index (χ0n) is 15.5. The fraction of sp³-hybridized carbons (Fsp3) is 0.300. The van der Waals surface area contributed by atoms with Gasteiger partial charge in [0.15, 0.2) is 0 Å². The van der Waals surface area contributed by atoms with Crippen LogP contribution in [-0.2, 0) is 17.9 Å². The molecule has 3 rings (SSSR count). The van der Waals surface area contributed by atoms with Crippen molar-refractivity contribution in [2.75, 3.05) is 5.75 Å². The highest BCUT2D eigenvalue weighted by molar-refractivity contribution is 7.99. The van der Waals surface area contributed by atoms with Crippen LogP contribution in [0.3, 0.4) is 0 Å². The van der Waals surface area contributed by atoms with Crippen LogP contribution in [0, 0.1) is 0 Å². The molecule has 1 heterocycles. The average Bonchev–Trinajstić information content (AvgIpc) is 3.12. The lowest BCUT2D eigenvalue weighted by Gasteiger charge is -2.26. The summed E-state index contributed by atoms with van der Waals surface area (Å²) in [5, 5.41) is 12.5. The summed E-state index contributed by atoms with van der Waals surface area (Å²) in [5.74, 6) is 0.383. The number of benzene rings is 2. The highest BCUT2D eigenvalue weighted by Gasteiger charge is 2.19. The molecule has 140 valence electrons. The Balaban J connectivity index is 1.62. The van der Waals surface area contributed by atoms with E-state index in [9.17, 15) is 4.79 Å². The molecule has 0 aliphatic carbocycles. The summed E-state index contributed by atoms with van der Waals surface area (Å²) in [6.45, 7) is 5.26. The number of hydrogen-bond acceptors (Lipinski definition) is 5. The van der Waals surface area contributed by atoms with Crippen molar-refractivity contribution in [3.8, 4) is 0 Å². The smallest absolute Gasteiger partial charge is 0.233 e. The van der Waals surface area contributed by atoms with Crippen molar-refractivity contribution in [1.29, 1.82) is 0 Å². The largest absolute Gasteiger partial charge is 0.335 e. The monoisotopic (exact) mass is 381 g/mol. The Morgan fingerprint density at radius 1 is 1.04 bits per heavy atom. The molecule has 3 aromatic rings. The van der Waals surface area contributed by atoms with Crippen LogP contribution in [0.1, 0.15) is 25.0 Å². The first-order chi connectivity index (χ1) is 13.1. The maximum atomic E-state index is 12.8. The Kier molecular flexibility index (Phi) is 6.59. The molecular weight excluding hydrogens is 358 g/mol. The van der Waals surface area contributed by atoms with Gasteiger partial charge in [-0.25, -0.2) is 4.68 Å². The second-order valence-electron chi connectivity index (χ2n) is 6.49. The number of thioether (sulfide) groups is 1. The molecule has 0 atom stereocenters. The Morgan fingerprint density at radius 3 is 2.30 bits per heavy atom. The molecule has 0 unspecified atom stereocenters. The highest BCUT2D eigenvalue weighted by atomic mass is 32.2. The van der Waals surface area contributed by atoms with Gasteiger partial charge in [-0.3, -0.25) is 4.79 Å². The number of rotatable bonds is 8. The minimum absolute atomic E-state index is 0.0770. The number of tetrazole rings is 1. The van der Waals surface area contributed by atoms with E-state index in [2.05, 4.69) is 15.5 Å². The Bertz CT molecular complexity index is 851. The first-order valence-corrected chi connectivity index (χ1v) is 9.88. The molecule has 2 aromatic carbocycles. The molecule has 0 radical (unpaired) electrons. The Hall–Kier alpha value is -2.67. The van der Waals surface area contributed by atoms with Crippen LogP contribution in [0.2, 0.25) is 0 Å². The molecule has 0 aliphatic heterocycles. The molecule has 0 spiro atoms. The van der Waals surface area contributed by atoms with E-state index in [-0.39, 0.29) is 11.9 Å². The lowest BCUT2D eigenvalue weighted by Crippen LogP contribution is -2.37. The van der Waals surface area contributed by atoms with Gasteiger partial charge >= 0.3 is 0 Å². The summed E-state index contributed by atoms with van der Waals surface area (Å²) >= 11 is 1.37. The van der Waals surface area contributed by atoms with Crippen molar-refractivity contribution in [2.24, 2.45) is 0 Å². The van der Waals surface area contributed by atoms with E-state index in [1.165, 1.54) is 11.8 Å². The predicted octanol–water partition coefficient (Wildman–Crippen LogP) is 3.25. The summed E-state index contributed by atoms with van der Waals surface area (Å²) in [6.07, 6.45) is 0. The molecule has 1 amide bonds. The van der Waals surface area contributed by atoms with Crippen LogP contribution in [0.25, 0.3) is 0 Å². The third kappa shape index (κ3) is 5.40. The highest BCUT2D eigenvalue weighted by Crippen LogP contribution is 2.18. The van der Waals surface area contributed by atoms with Crippen molar-refractivity contribution < 1.29 is 4.79 Å². The Morgan fingerprint density at radius 2 is 1.67 bits per heavy atom. The third-order valence-electron chi connectivity index (χ3n) is 4.14. The molecule has 6 nitrogen and oxygen atoms in total. The van der Waals surface area contributed by atoms with Gasteiger partial charge in [-0.15, -0.1) is 5.10 Å². The lowest BCUT2D eigenvalue weighted by molar-refractivity contribution is -0.130. The lowest BCUT2D eigenvalue weighted by atomic mass is 10.2. The summed E-state index contributed by atoms with van der Waals surface area (Å²) < 4.78 is 1.73. The molecule has 7 heteroatoms. The van der Waals surface area contributed by atoms with Gasteiger partial charge in [-0.05, 0) is 35.4 Å². The van der Waals surface area contributed by atoms with E-state index >= 15 is 0 Å². The van der Waals surface area contributed by atoms with E-state index in [0.29, 0.717) is 24.0 Å². The zero-order chi connectivity index (χ0) is 19.1. The van der Waals surface area contributed by atoms with Crippen LogP contribution < -0.4 is 0 Å². The van der Waals surface area contributed by atoms with Crippen LogP contribution in [0.15, 0.2) is 65.8 Å². The van der Waals surface area contributed by atoms with Gasteiger partial charge in [0.2, 0.25) is 11.1 Å². The zero-order valence-corrected chi connectivity index (χ0v) is 16.3. The fourth-order valence-electron chi connectivity index (χ4n) is 2.70. The van der Waals surface area contributed by atoms with Crippen LogP contribution >= 0.6 is 11.8 Å². The van der Waals surface area contributed by atoms with Crippen LogP contribution in [0.4, 0.5) is 0 Å². The Labute approximate surface area is 163 Å². The summed E-state index contributed by atoms with van der Waals surface area (Å²) in [6, 6.07) is 20.2. The standard InChI is InChI=1S/C20H23N5OS/c1-16(2)24(13-17-9-5-3-6-10-17)19(26)15-27-20-21-22-23-25(20)14-18-11-7-4-8-12-18/h3-12,16H,13-15H2,1-2H3. The van der Waals surface area contributed by atoms with E-state index in [0.717, 1.165) is 11.1 Å². The number of hydrogen-bond donors (Lipinski definition) is 0. The maximum Gasteiger partial charge on any atom is 0.233 e. The van der Waals surface area contributed by atoms with Crippen molar-refractivity contribution in [3.05, 3.63) is 71.8 Å². The minimum atomic E-state index is 0.0770. The second kappa shape index (κ2) is 9.32. The SMILES string of the molecule is CC(C)N(Cc1ccccc1)C(=O)CSc1nnnn1Cc1ccccc1. The van der Waals surface area contributed by atoms with E-state index in [1.807, 2.05) is 79.4 Å². The number of aromatic nitrogens is 4. The molecule has 0 saturated heterocycles. The number of carbonyl (C=O) groups excluding carboxylic acids is 1. The van der Waals surface area contributed by atoms with Gasteiger partial charge in [-0.1, -0.05) is 72.4 Å². The third-order valence-corrected chi connectivity index (χ3v) is 5.08. The first-order valence-electron chi connectivity index (χ1n) is 8.90. The topological polar surface area (TPSA) is 63.9 Å².